The van der Waals surface area contributed by atoms with Crippen LogP contribution in [0.3, 0.4) is 0 Å². The molecule has 0 bridgehead atoms. The molecule has 3 N–H and O–H groups in total. The Kier molecular flexibility index (Phi) is 6.90. The topological polar surface area (TPSA) is 78.1 Å². The van der Waals surface area contributed by atoms with E-state index in [1.165, 1.54) is 60.7 Å². The average Bonchev–Trinajstić information content (AvgIpc) is 3.26. The van der Waals surface area contributed by atoms with Gasteiger partial charge in [-0.25, -0.2) is 4.98 Å². The first-order valence-electron chi connectivity index (χ1n) is 12.8. The van der Waals surface area contributed by atoms with E-state index >= 15 is 0 Å². The Morgan fingerprint density at radius 1 is 1.09 bits per heavy atom. The minimum atomic E-state index is 0.467. The Labute approximate surface area is 202 Å². The Hall–Kier alpha value is -2.80. The van der Waals surface area contributed by atoms with Crippen molar-refractivity contribution in [1.82, 2.24) is 20.3 Å². The van der Waals surface area contributed by atoms with Gasteiger partial charge in [-0.15, -0.1) is 0 Å². The molecule has 2 heterocycles. The number of aryl methyl sites for hydroxylation is 1. The van der Waals surface area contributed by atoms with E-state index in [9.17, 15) is 0 Å². The lowest BCUT2D eigenvalue weighted by Crippen LogP contribution is -2.32. The summed E-state index contributed by atoms with van der Waals surface area (Å²) in [5.41, 5.74) is 5.06. The molecule has 1 fully saturated rings. The molecule has 2 aliphatic carbocycles. The van der Waals surface area contributed by atoms with Crippen molar-refractivity contribution in [2.45, 2.75) is 64.0 Å². The number of nitrogens with zero attached hydrogens (tertiary/aromatic N) is 3. The van der Waals surface area contributed by atoms with Gasteiger partial charge in [0.15, 0.2) is 0 Å². The molecule has 0 radical (unpaired) electrons. The number of methoxy groups -OCH3 is 1. The van der Waals surface area contributed by atoms with Gasteiger partial charge < -0.3 is 25.3 Å². The van der Waals surface area contributed by atoms with E-state index in [2.05, 4.69) is 52.9 Å². The number of rotatable bonds is 8. The highest BCUT2D eigenvalue weighted by Crippen LogP contribution is 2.30. The molecule has 34 heavy (non-hydrogen) atoms. The lowest BCUT2D eigenvalue weighted by atomic mass is 9.86. The molecule has 1 saturated carbocycles. The van der Waals surface area contributed by atoms with Gasteiger partial charge in [-0.1, -0.05) is 0 Å². The summed E-state index contributed by atoms with van der Waals surface area (Å²) in [6.07, 6.45) is 11.6. The van der Waals surface area contributed by atoms with Crippen molar-refractivity contribution in [2.24, 2.45) is 5.92 Å². The first kappa shape index (κ1) is 23.0. The zero-order valence-electron chi connectivity index (χ0n) is 20.8. The summed E-state index contributed by atoms with van der Waals surface area (Å²) in [6.45, 7) is 1.94. The van der Waals surface area contributed by atoms with Gasteiger partial charge in [0.25, 0.3) is 0 Å². The fourth-order valence-electron chi connectivity index (χ4n) is 5.54. The van der Waals surface area contributed by atoms with Crippen LogP contribution < -0.4 is 20.3 Å². The Balaban J connectivity index is 1.12. The number of fused-ring (bicyclic) bond motifs is 2. The van der Waals surface area contributed by atoms with Crippen molar-refractivity contribution in [2.75, 3.05) is 38.0 Å². The molecule has 0 aliphatic heterocycles. The third-order valence-electron chi connectivity index (χ3n) is 7.49. The van der Waals surface area contributed by atoms with Crippen LogP contribution in [0.5, 0.6) is 5.75 Å². The quantitative estimate of drug-likeness (QED) is 0.451. The van der Waals surface area contributed by atoms with Gasteiger partial charge in [-0.2, -0.15) is 4.98 Å². The monoisotopic (exact) mass is 462 g/mol. The molecule has 7 nitrogen and oxygen atoms in total. The third-order valence-corrected chi connectivity index (χ3v) is 7.49. The Morgan fingerprint density at radius 3 is 2.71 bits per heavy atom. The van der Waals surface area contributed by atoms with E-state index in [1.807, 2.05) is 6.07 Å². The van der Waals surface area contributed by atoms with Crippen LogP contribution in [0.1, 0.15) is 55.3 Å². The predicted octanol–water partition coefficient (Wildman–Crippen LogP) is 4.67. The van der Waals surface area contributed by atoms with E-state index in [0.717, 1.165) is 54.9 Å². The molecule has 5 rings (SSSR count). The fraction of sp³-hybridized carbons (Fsp3) is 0.556. The van der Waals surface area contributed by atoms with Crippen LogP contribution in [0.15, 0.2) is 24.4 Å². The second kappa shape index (κ2) is 10.2. The van der Waals surface area contributed by atoms with Crippen molar-refractivity contribution in [1.29, 1.82) is 0 Å². The van der Waals surface area contributed by atoms with Gasteiger partial charge in [0.05, 0.1) is 12.8 Å². The van der Waals surface area contributed by atoms with Crippen molar-refractivity contribution in [3.05, 3.63) is 41.2 Å². The average molecular weight is 463 g/mol. The van der Waals surface area contributed by atoms with Gasteiger partial charge in [-0.3, -0.25) is 0 Å². The normalized spacial score (nSPS) is 20.2. The first-order valence-corrected chi connectivity index (χ1v) is 12.8. The lowest BCUT2D eigenvalue weighted by Gasteiger charge is -2.30. The van der Waals surface area contributed by atoms with Gasteiger partial charge in [0.1, 0.15) is 11.6 Å². The molecule has 7 heteroatoms. The standard InChI is InChI=1S/C27H38N6O/c1-33(2)26-22-6-4-5-7-25(22)31-27(32-26)30-20-10-8-18(9-11-20)15-28-16-19-17-29-24-13-12-21(34-3)14-23(19)24/h12-14,17-18,20,28-29H,4-11,15-16H2,1-3H3,(H,30,31,32). The number of ether oxygens (including phenoxy) is 1. The smallest absolute Gasteiger partial charge is 0.225 e. The van der Waals surface area contributed by atoms with E-state index in [4.69, 9.17) is 14.7 Å². The largest absolute Gasteiger partial charge is 0.497 e. The van der Waals surface area contributed by atoms with Crippen molar-refractivity contribution in [3.8, 4) is 5.75 Å². The second-order valence-corrected chi connectivity index (χ2v) is 10.1. The molecule has 0 spiro atoms. The SMILES string of the molecule is COc1ccc2[nH]cc(CNCC3CCC(Nc4nc5c(c(N(C)C)n4)CCCC5)CC3)c2c1. The zero-order chi connectivity index (χ0) is 23.5. The molecule has 2 aliphatic rings. The number of hydrogen-bond acceptors (Lipinski definition) is 6. The molecular weight excluding hydrogens is 424 g/mol. The van der Waals surface area contributed by atoms with Gasteiger partial charge in [0, 0.05) is 49.3 Å². The minimum Gasteiger partial charge on any atom is -0.497 e. The van der Waals surface area contributed by atoms with Crippen LogP contribution in [-0.4, -0.2) is 48.7 Å². The summed E-state index contributed by atoms with van der Waals surface area (Å²) in [6, 6.07) is 6.66. The van der Waals surface area contributed by atoms with Crippen molar-refractivity contribution in [3.63, 3.8) is 0 Å². The molecule has 2 aromatic heterocycles. The molecule has 1 aromatic carbocycles. The number of hydrogen-bond donors (Lipinski definition) is 3. The fourth-order valence-corrected chi connectivity index (χ4v) is 5.54. The van der Waals surface area contributed by atoms with Gasteiger partial charge in [0.2, 0.25) is 5.95 Å². The molecule has 0 amide bonds. The summed E-state index contributed by atoms with van der Waals surface area (Å²) in [4.78, 5) is 15.3. The summed E-state index contributed by atoms with van der Waals surface area (Å²) in [5.74, 6) is 3.54. The maximum absolute atomic E-state index is 5.39. The highest BCUT2D eigenvalue weighted by Gasteiger charge is 2.24. The van der Waals surface area contributed by atoms with E-state index in [-0.39, 0.29) is 0 Å². The number of aromatic nitrogens is 3. The molecule has 0 atom stereocenters. The van der Waals surface area contributed by atoms with Crippen LogP contribution in [-0.2, 0) is 19.4 Å². The second-order valence-electron chi connectivity index (χ2n) is 10.1. The maximum atomic E-state index is 5.39. The van der Waals surface area contributed by atoms with Crippen LogP contribution in [0.2, 0.25) is 0 Å². The molecular formula is C27H38N6O. The van der Waals surface area contributed by atoms with Gasteiger partial charge >= 0.3 is 0 Å². The van der Waals surface area contributed by atoms with Gasteiger partial charge in [-0.05, 0) is 87.6 Å². The summed E-state index contributed by atoms with van der Waals surface area (Å²) in [5, 5.41) is 8.60. The maximum Gasteiger partial charge on any atom is 0.225 e. The molecule has 0 unspecified atom stereocenters. The van der Waals surface area contributed by atoms with Crippen LogP contribution in [0, 0.1) is 5.92 Å². The number of aromatic amines is 1. The summed E-state index contributed by atoms with van der Waals surface area (Å²) < 4.78 is 5.39. The van der Waals surface area contributed by atoms with Crippen LogP contribution in [0.4, 0.5) is 11.8 Å². The third kappa shape index (κ3) is 4.99. The molecule has 182 valence electrons. The summed E-state index contributed by atoms with van der Waals surface area (Å²) >= 11 is 0. The number of nitrogens with one attached hydrogen (secondary N) is 3. The lowest BCUT2D eigenvalue weighted by molar-refractivity contribution is 0.324. The predicted molar refractivity (Wildman–Crippen MR) is 139 cm³/mol. The highest BCUT2D eigenvalue weighted by atomic mass is 16.5. The zero-order valence-corrected chi connectivity index (χ0v) is 20.8. The molecule has 0 saturated heterocycles. The van der Waals surface area contributed by atoms with E-state index in [0.29, 0.717) is 6.04 Å². The first-order chi connectivity index (χ1) is 16.6. The Morgan fingerprint density at radius 2 is 1.91 bits per heavy atom. The van der Waals surface area contributed by atoms with E-state index < -0.39 is 0 Å². The number of benzene rings is 1. The minimum absolute atomic E-state index is 0.467. The highest BCUT2D eigenvalue weighted by molar-refractivity contribution is 5.84. The van der Waals surface area contributed by atoms with Crippen molar-refractivity contribution >= 4 is 22.7 Å². The molecule has 3 aromatic rings. The van der Waals surface area contributed by atoms with Crippen LogP contribution >= 0.6 is 0 Å². The Bertz CT molecular complexity index is 1120. The van der Waals surface area contributed by atoms with Crippen LogP contribution in [0.25, 0.3) is 10.9 Å². The summed E-state index contributed by atoms with van der Waals surface area (Å²) in [7, 11) is 5.90. The van der Waals surface area contributed by atoms with Crippen molar-refractivity contribution < 1.29 is 4.74 Å². The van der Waals surface area contributed by atoms with E-state index in [1.54, 1.807) is 7.11 Å². The number of anilines is 2. The number of H-pyrrole nitrogens is 1.